The number of hydrogen-bond acceptors (Lipinski definition) is 5. The Kier molecular flexibility index (Phi) is 5.64. The van der Waals surface area contributed by atoms with Crippen LogP contribution in [0.2, 0.25) is 10.0 Å². The second-order valence-electron chi connectivity index (χ2n) is 5.03. The van der Waals surface area contributed by atoms with E-state index in [9.17, 15) is 10.1 Å². The van der Waals surface area contributed by atoms with Gasteiger partial charge in [0, 0.05) is 58.4 Å². The van der Waals surface area contributed by atoms with Crippen LogP contribution in [-0.4, -0.2) is 56.1 Å². The lowest BCUT2D eigenvalue weighted by atomic mass is 10.2. The molecule has 1 N–H and O–H groups in total. The molecule has 0 atom stereocenters. The van der Waals surface area contributed by atoms with Crippen molar-refractivity contribution in [2.45, 2.75) is 0 Å². The summed E-state index contributed by atoms with van der Waals surface area (Å²) in [4.78, 5) is 14.6. The van der Waals surface area contributed by atoms with E-state index in [1.165, 1.54) is 12.1 Å². The Labute approximate surface area is 133 Å². The van der Waals surface area contributed by atoms with Crippen LogP contribution in [0.15, 0.2) is 12.1 Å². The van der Waals surface area contributed by atoms with Gasteiger partial charge in [-0.25, -0.2) is 0 Å². The first-order valence-electron chi connectivity index (χ1n) is 6.76. The second kappa shape index (κ2) is 7.26. The number of benzene rings is 1. The van der Waals surface area contributed by atoms with E-state index >= 15 is 0 Å². The van der Waals surface area contributed by atoms with Crippen molar-refractivity contribution in [2.24, 2.45) is 0 Å². The SMILES string of the molecule is CN(CCN1CCNCC1)c1c(Cl)cc([N+](=O)[O-])cc1Cl. The lowest BCUT2D eigenvalue weighted by molar-refractivity contribution is -0.384. The standard InChI is InChI=1S/C13H18Cl2N4O2/c1-17(6-7-18-4-2-16-3-5-18)13-11(14)8-10(19(20)21)9-12(13)15/h8-9,16H,2-7H2,1H3. The third kappa shape index (κ3) is 4.20. The van der Waals surface area contributed by atoms with Gasteiger partial charge in [-0.15, -0.1) is 0 Å². The van der Waals surface area contributed by atoms with Crippen LogP contribution in [0.1, 0.15) is 0 Å². The van der Waals surface area contributed by atoms with Gasteiger partial charge in [0.1, 0.15) is 0 Å². The first-order valence-corrected chi connectivity index (χ1v) is 7.52. The molecule has 116 valence electrons. The highest BCUT2D eigenvalue weighted by atomic mass is 35.5. The molecule has 1 fully saturated rings. The predicted molar refractivity (Wildman–Crippen MR) is 85.7 cm³/mol. The van der Waals surface area contributed by atoms with E-state index in [1.54, 1.807) is 0 Å². The molecule has 0 amide bonds. The summed E-state index contributed by atoms with van der Waals surface area (Å²) in [6.45, 7) is 5.72. The highest BCUT2D eigenvalue weighted by molar-refractivity contribution is 6.39. The van der Waals surface area contributed by atoms with Gasteiger partial charge in [-0.1, -0.05) is 23.2 Å². The van der Waals surface area contributed by atoms with E-state index in [1.807, 2.05) is 11.9 Å². The van der Waals surface area contributed by atoms with Crippen LogP contribution in [0.25, 0.3) is 0 Å². The molecule has 0 radical (unpaired) electrons. The minimum atomic E-state index is -0.498. The molecule has 1 aromatic rings. The van der Waals surface area contributed by atoms with Crippen molar-refractivity contribution in [3.63, 3.8) is 0 Å². The van der Waals surface area contributed by atoms with Crippen LogP contribution < -0.4 is 10.2 Å². The summed E-state index contributed by atoms with van der Waals surface area (Å²) in [5.74, 6) is 0. The molecule has 6 nitrogen and oxygen atoms in total. The number of halogens is 2. The molecule has 1 heterocycles. The Morgan fingerprint density at radius 3 is 2.43 bits per heavy atom. The van der Waals surface area contributed by atoms with Crippen molar-refractivity contribution in [3.8, 4) is 0 Å². The van der Waals surface area contributed by atoms with Crippen LogP contribution >= 0.6 is 23.2 Å². The van der Waals surface area contributed by atoms with Crippen molar-refractivity contribution < 1.29 is 4.92 Å². The number of nitro benzene ring substituents is 1. The van der Waals surface area contributed by atoms with Crippen molar-refractivity contribution in [1.29, 1.82) is 0 Å². The van der Waals surface area contributed by atoms with E-state index in [-0.39, 0.29) is 5.69 Å². The number of anilines is 1. The van der Waals surface area contributed by atoms with Crippen molar-refractivity contribution in [1.82, 2.24) is 10.2 Å². The Hall–Kier alpha value is -1.08. The van der Waals surface area contributed by atoms with Gasteiger partial charge in [-0.3, -0.25) is 15.0 Å². The van der Waals surface area contributed by atoms with Gasteiger partial charge >= 0.3 is 0 Å². The number of hydrogen-bond donors (Lipinski definition) is 1. The zero-order chi connectivity index (χ0) is 15.4. The minimum Gasteiger partial charge on any atom is -0.371 e. The molecule has 0 aliphatic carbocycles. The summed E-state index contributed by atoms with van der Waals surface area (Å²) in [5, 5.41) is 14.7. The summed E-state index contributed by atoms with van der Waals surface area (Å²) in [6, 6.07) is 2.67. The molecule has 1 aromatic carbocycles. The molecule has 0 saturated carbocycles. The molecule has 21 heavy (non-hydrogen) atoms. The molecule has 0 aromatic heterocycles. The fourth-order valence-electron chi connectivity index (χ4n) is 2.36. The molecule has 1 saturated heterocycles. The van der Waals surface area contributed by atoms with Gasteiger partial charge in [-0.05, 0) is 0 Å². The zero-order valence-electron chi connectivity index (χ0n) is 11.8. The van der Waals surface area contributed by atoms with E-state index in [0.29, 0.717) is 15.7 Å². The first-order chi connectivity index (χ1) is 9.99. The Morgan fingerprint density at radius 1 is 1.33 bits per heavy atom. The van der Waals surface area contributed by atoms with E-state index in [2.05, 4.69) is 10.2 Å². The smallest absolute Gasteiger partial charge is 0.272 e. The average Bonchev–Trinajstić information content (AvgIpc) is 2.45. The fraction of sp³-hybridized carbons (Fsp3) is 0.538. The van der Waals surface area contributed by atoms with Gasteiger partial charge in [0.15, 0.2) is 0 Å². The largest absolute Gasteiger partial charge is 0.371 e. The van der Waals surface area contributed by atoms with E-state index in [4.69, 9.17) is 23.2 Å². The van der Waals surface area contributed by atoms with E-state index < -0.39 is 4.92 Å². The summed E-state index contributed by atoms with van der Waals surface area (Å²) >= 11 is 12.3. The quantitative estimate of drug-likeness (QED) is 0.661. The van der Waals surface area contributed by atoms with Crippen LogP contribution in [-0.2, 0) is 0 Å². The Bertz CT molecular complexity index is 498. The topological polar surface area (TPSA) is 61.6 Å². The highest BCUT2D eigenvalue weighted by Gasteiger charge is 2.18. The van der Waals surface area contributed by atoms with Crippen molar-refractivity contribution in [2.75, 3.05) is 51.2 Å². The van der Waals surface area contributed by atoms with Crippen molar-refractivity contribution in [3.05, 3.63) is 32.3 Å². The molecule has 2 rings (SSSR count). The van der Waals surface area contributed by atoms with Gasteiger partial charge in [-0.2, -0.15) is 0 Å². The number of nitrogens with zero attached hydrogens (tertiary/aromatic N) is 3. The minimum absolute atomic E-state index is 0.0933. The van der Waals surface area contributed by atoms with Crippen LogP contribution in [0.5, 0.6) is 0 Å². The average molecular weight is 333 g/mol. The number of piperazine rings is 1. The van der Waals surface area contributed by atoms with Gasteiger partial charge in [0.25, 0.3) is 5.69 Å². The summed E-state index contributed by atoms with van der Waals surface area (Å²) < 4.78 is 0. The normalized spacial score (nSPS) is 16.0. The summed E-state index contributed by atoms with van der Waals surface area (Å²) in [7, 11) is 1.89. The molecular formula is C13H18Cl2N4O2. The lowest BCUT2D eigenvalue weighted by Crippen LogP contribution is -2.46. The third-order valence-electron chi connectivity index (χ3n) is 3.56. The molecule has 0 unspecified atom stereocenters. The molecule has 8 heteroatoms. The summed E-state index contributed by atoms with van der Waals surface area (Å²) in [5.41, 5.74) is 0.545. The van der Waals surface area contributed by atoms with Crippen molar-refractivity contribution >= 4 is 34.6 Å². The first kappa shape index (κ1) is 16.3. The summed E-state index contributed by atoms with van der Waals surface area (Å²) in [6.07, 6.45) is 0. The number of non-ortho nitro benzene ring substituents is 1. The highest BCUT2D eigenvalue weighted by Crippen LogP contribution is 2.36. The third-order valence-corrected chi connectivity index (χ3v) is 4.13. The van der Waals surface area contributed by atoms with Crippen LogP contribution in [0.4, 0.5) is 11.4 Å². The van der Waals surface area contributed by atoms with Crippen LogP contribution in [0, 0.1) is 10.1 Å². The number of nitrogens with one attached hydrogen (secondary N) is 1. The van der Waals surface area contributed by atoms with Gasteiger partial charge in [0.2, 0.25) is 0 Å². The monoisotopic (exact) mass is 332 g/mol. The zero-order valence-corrected chi connectivity index (χ0v) is 13.3. The molecule has 0 bridgehead atoms. The number of likely N-dealkylation sites (N-methyl/N-ethyl adjacent to an activating group) is 1. The Balaban J connectivity index is 2.04. The Morgan fingerprint density at radius 2 is 1.90 bits per heavy atom. The fourth-order valence-corrected chi connectivity index (χ4v) is 3.12. The molecule has 1 aliphatic rings. The maximum absolute atomic E-state index is 10.8. The second-order valence-corrected chi connectivity index (χ2v) is 5.84. The molecular weight excluding hydrogens is 315 g/mol. The number of nitro groups is 1. The maximum atomic E-state index is 10.8. The van der Waals surface area contributed by atoms with E-state index in [0.717, 1.165) is 39.3 Å². The lowest BCUT2D eigenvalue weighted by Gasteiger charge is -2.30. The molecule has 0 spiro atoms. The van der Waals surface area contributed by atoms with Gasteiger partial charge < -0.3 is 10.2 Å². The maximum Gasteiger partial charge on any atom is 0.272 e. The number of rotatable bonds is 5. The molecule has 1 aliphatic heterocycles. The van der Waals surface area contributed by atoms with Gasteiger partial charge in [0.05, 0.1) is 20.7 Å². The predicted octanol–water partition coefficient (Wildman–Crippen LogP) is 2.24. The van der Waals surface area contributed by atoms with Crippen LogP contribution in [0.3, 0.4) is 0 Å².